The van der Waals surface area contributed by atoms with E-state index in [0.717, 1.165) is 35.4 Å². The first-order valence-corrected chi connectivity index (χ1v) is 10.1. The second-order valence-electron chi connectivity index (χ2n) is 7.20. The van der Waals surface area contributed by atoms with Crippen molar-refractivity contribution in [2.75, 3.05) is 0 Å². The molecule has 2 aromatic carbocycles. The lowest BCUT2D eigenvalue weighted by molar-refractivity contribution is -0.123. The van der Waals surface area contributed by atoms with Crippen LogP contribution in [0.25, 0.3) is 22.5 Å². The molecule has 3 aromatic rings. The number of carbonyl (C=O) groups is 1. The van der Waals surface area contributed by atoms with Gasteiger partial charge in [0.15, 0.2) is 0 Å². The van der Waals surface area contributed by atoms with Crippen LogP contribution in [0, 0.1) is 0 Å². The molecule has 1 N–H and O–H groups in total. The molecule has 1 aliphatic carbocycles. The number of nitrogens with zero attached hydrogens (tertiary/aromatic N) is 3. The minimum absolute atomic E-state index is 0.0378. The predicted molar refractivity (Wildman–Crippen MR) is 111 cm³/mol. The van der Waals surface area contributed by atoms with Crippen LogP contribution in [0.1, 0.15) is 32.1 Å². The van der Waals surface area contributed by atoms with E-state index in [1.54, 1.807) is 0 Å². The van der Waals surface area contributed by atoms with Gasteiger partial charge in [0, 0.05) is 22.2 Å². The molecule has 144 valence electrons. The average Bonchev–Trinajstić information content (AvgIpc) is 3.13. The number of rotatable bonds is 5. The zero-order valence-corrected chi connectivity index (χ0v) is 16.4. The predicted octanol–water partition coefficient (Wildman–Crippen LogP) is 4.71. The maximum Gasteiger partial charge on any atom is 0.243 e. The Kier molecular flexibility index (Phi) is 5.72. The fourth-order valence-electron chi connectivity index (χ4n) is 3.66. The Hall–Kier alpha value is -2.66. The van der Waals surface area contributed by atoms with Crippen molar-refractivity contribution in [1.82, 2.24) is 20.3 Å². The Balaban J connectivity index is 1.59. The standard InChI is InChI=1S/C22H23ClN4O/c23-18-13-11-17(12-14-18)22-21(16-7-3-1-4-8-16)25-27(26-22)15-20(28)24-19-9-5-2-6-10-19/h1,3-4,7-8,11-14,19H,2,5-6,9-10,15H2,(H,24,28). The maximum absolute atomic E-state index is 12.5. The molecule has 1 saturated carbocycles. The molecule has 4 rings (SSSR count). The van der Waals surface area contributed by atoms with Gasteiger partial charge in [0.25, 0.3) is 0 Å². The van der Waals surface area contributed by atoms with Gasteiger partial charge in [-0.25, -0.2) is 0 Å². The third-order valence-electron chi connectivity index (χ3n) is 5.08. The van der Waals surface area contributed by atoms with Crippen LogP contribution in [0.5, 0.6) is 0 Å². The smallest absolute Gasteiger partial charge is 0.243 e. The van der Waals surface area contributed by atoms with Gasteiger partial charge in [-0.05, 0) is 25.0 Å². The second kappa shape index (κ2) is 8.57. The molecule has 1 aliphatic rings. The first kappa shape index (κ1) is 18.7. The monoisotopic (exact) mass is 394 g/mol. The first-order chi connectivity index (χ1) is 13.7. The largest absolute Gasteiger partial charge is 0.352 e. The normalized spacial score (nSPS) is 14.8. The van der Waals surface area contributed by atoms with Gasteiger partial charge in [-0.1, -0.05) is 73.3 Å². The maximum atomic E-state index is 12.5. The molecule has 5 nitrogen and oxygen atoms in total. The third-order valence-corrected chi connectivity index (χ3v) is 5.33. The summed E-state index contributed by atoms with van der Waals surface area (Å²) in [5, 5.41) is 13.0. The number of benzene rings is 2. The summed E-state index contributed by atoms with van der Waals surface area (Å²) in [7, 11) is 0. The number of aromatic nitrogens is 3. The molecule has 1 fully saturated rings. The number of halogens is 1. The molecule has 0 unspecified atom stereocenters. The Bertz CT molecular complexity index is 931. The Morgan fingerprint density at radius 1 is 0.929 bits per heavy atom. The zero-order valence-electron chi connectivity index (χ0n) is 15.6. The van der Waals surface area contributed by atoms with E-state index < -0.39 is 0 Å². The van der Waals surface area contributed by atoms with Crippen LogP contribution in [-0.2, 0) is 11.3 Å². The van der Waals surface area contributed by atoms with Crippen LogP contribution in [0.15, 0.2) is 54.6 Å². The number of hydrogen-bond acceptors (Lipinski definition) is 3. The first-order valence-electron chi connectivity index (χ1n) is 9.75. The van der Waals surface area contributed by atoms with E-state index in [2.05, 4.69) is 15.5 Å². The summed E-state index contributed by atoms with van der Waals surface area (Å²) in [6.45, 7) is 0.115. The van der Waals surface area contributed by atoms with Crippen molar-refractivity contribution in [3.63, 3.8) is 0 Å². The van der Waals surface area contributed by atoms with E-state index in [0.29, 0.717) is 5.02 Å². The topological polar surface area (TPSA) is 59.8 Å². The lowest BCUT2D eigenvalue weighted by Crippen LogP contribution is -2.38. The molecule has 0 atom stereocenters. The summed E-state index contributed by atoms with van der Waals surface area (Å²) < 4.78 is 0. The molecule has 1 amide bonds. The minimum atomic E-state index is -0.0378. The minimum Gasteiger partial charge on any atom is -0.352 e. The van der Waals surface area contributed by atoms with Crippen LogP contribution in [-0.4, -0.2) is 26.9 Å². The van der Waals surface area contributed by atoms with Crippen molar-refractivity contribution in [1.29, 1.82) is 0 Å². The Morgan fingerprint density at radius 2 is 1.54 bits per heavy atom. The lowest BCUT2D eigenvalue weighted by Gasteiger charge is -2.22. The van der Waals surface area contributed by atoms with E-state index in [1.807, 2.05) is 54.6 Å². The van der Waals surface area contributed by atoms with Gasteiger partial charge in [-0.3, -0.25) is 4.79 Å². The summed E-state index contributed by atoms with van der Waals surface area (Å²) in [6, 6.07) is 17.7. The van der Waals surface area contributed by atoms with Crippen LogP contribution >= 0.6 is 11.6 Å². The van der Waals surface area contributed by atoms with Crippen molar-refractivity contribution in [3.8, 4) is 22.5 Å². The number of carbonyl (C=O) groups excluding carboxylic acids is 1. The molecule has 1 aromatic heterocycles. The van der Waals surface area contributed by atoms with Gasteiger partial charge < -0.3 is 5.32 Å². The Labute approximate surface area is 169 Å². The summed E-state index contributed by atoms with van der Waals surface area (Å²) in [6.07, 6.45) is 5.75. The summed E-state index contributed by atoms with van der Waals surface area (Å²) >= 11 is 6.03. The van der Waals surface area contributed by atoms with Crippen molar-refractivity contribution in [2.24, 2.45) is 0 Å². The van der Waals surface area contributed by atoms with E-state index in [9.17, 15) is 4.79 Å². The van der Waals surface area contributed by atoms with Crippen molar-refractivity contribution in [2.45, 2.75) is 44.7 Å². The lowest BCUT2D eigenvalue weighted by atomic mass is 9.95. The van der Waals surface area contributed by atoms with Gasteiger partial charge in [-0.2, -0.15) is 15.0 Å². The quantitative estimate of drug-likeness (QED) is 0.681. The van der Waals surface area contributed by atoms with Crippen molar-refractivity contribution in [3.05, 3.63) is 59.6 Å². The molecular weight excluding hydrogens is 372 g/mol. The fourth-order valence-corrected chi connectivity index (χ4v) is 3.79. The summed E-state index contributed by atoms with van der Waals surface area (Å²) in [5.74, 6) is -0.0378. The van der Waals surface area contributed by atoms with E-state index in [1.165, 1.54) is 24.1 Å². The average molecular weight is 395 g/mol. The summed E-state index contributed by atoms with van der Waals surface area (Å²) in [4.78, 5) is 14.0. The van der Waals surface area contributed by atoms with Gasteiger partial charge in [0.1, 0.15) is 17.9 Å². The van der Waals surface area contributed by atoms with Gasteiger partial charge >= 0.3 is 0 Å². The molecule has 0 saturated heterocycles. The van der Waals surface area contributed by atoms with Gasteiger partial charge in [-0.15, -0.1) is 0 Å². The number of hydrogen-bond donors (Lipinski definition) is 1. The highest BCUT2D eigenvalue weighted by Gasteiger charge is 2.19. The van der Waals surface area contributed by atoms with Crippen molar-refractivity contribution >= 4 is 17.5 Å². The SMILES string of the molecule is O=C(Cn1nc(-c2ccccc2)c(-c2ccc(Cl)cc2)n1)NC1CCCCC1. The van der Waals surface area contributed by atoms with E-state index in [-0.39, 0.29) is 18.5 Å². The van der Waals surface area contributed by atoms with E-state index >= 15 is 0 Å². The molecule has 0 aliphatic heterocycles. The second-order valence-corrected chi connectivity index (χ2v) is 7.64. The molecule has 0 spiro atoms. The van der Waals surface area contributed by atoms with Crippen LogP contribution in [0.4, 0.5) is 0 Å². The van der Waals surface area contributed by atoms with Crippen LogP contribution < -0.4 is 5.32 Å². The fraction of sp³-hybridized carbons (Fsp3) is 0.318. The highest BCUT2D eigenvalue weighted by Crippen LogP contribution is 2.29. The third kappa shape index (κ3) is 4.42. The molecular formula is C22H23ClN4O. The highest BCUT2D eigenvalue weighted by atomic mass is 35.5. The molecule has 6 heteroatoms. The molecule has 28 heavy (non-hydrogen) atoms. The molecule has 0 radical (unpaired) electrons. The Morgan fingerprint density at radius 3 is 2.18 bits per heavy atom. The highest BCUT2D eigenvalue weighted by molar-refractivity contribution is 6.30. The van der Waals surface area contributed by atoms with E-state index in [4.69, 9.17) is 11.6 Å². The summed E-state index contributed by atoms with van der Waals surface area (Å²) in [5.41, 5.74) is 3.38. The van der Waals surface area contributed by atoms with Gasteiger partial charge in [0.2, 0.25) is 5.91 Å². The zero-order chi connectivity index (χ0) is 19.3. The molecule has 0 bridgehead atoms. The van der Waals surface area contributed by atoms with Crippen LogP contribution in [0.3, 0.4) is 0 Å². The number of amides is 1. The molecule has 1 heterocycles. The van der Waals surface area contributed by atoms with Crippen LogP contribution in [0.2, 0.25) is 5.02 Å². The van der Waals surface area contributed by atoms with Gasteiger partial charge in [0.05, 0.1) is 0 Å². The number of nitrogens with one attached hydrogen (secondary N) is 1. The van der Waals surface area contributed by atoms with Crippen molar-refractivity contribution < 1.29 is 4.79 Å².